The van der Waals surface area contributed by atoms with Gasteiger partial charge in [0.1, 0.15) is 6.61 Å². The van der Waals surface area contributed by atoms with Crippen LogP contribution in [0.15, 0.2) is 41.0 Å². The summed E-state index contributed by atoms with van der Waals surface area (Å²) in [6.45, 7) is 3.46. The zero-order valence-electron chi connectivity index (χ0n) is 14.8. The third kappa shape index (κ3) is 4.17. The smallest absolute Gasteiger partial charge is 0.417 e. The average Bonchev–Trinajstić information content (AvgIpc) is 2.98. The molecule has 0 spiro atoms. The zero-order valence-corrected chi connectivity index (χ0v) is 17.2. The summed E-state index contributed by atoms with van der Waals surface area (Å²) < 4.78 is 46.9. The van der Waals surface area contributed by atoms with Gasteiger partial charge in [0.25, 0.3) is 0 Å². The molecule has 0 atom stereocenters. The molecule has 0 aliphatic carbocycles. The first-order valence-electron chi connectivity index (χ1n) is 8.28. The minimum Gasteiger partial charge on any atom is -0.456 e. The Hall–Kier alpha value is -2.06. The summed E-state index contributed by atoms with van der Waals surface area (Å²) in [5, 5.41) is -0.124. The Bertz CT molecular complexity index is 1050. The molecule has 0 aliphatic rings. The Balaban J connectivity index is 2.01. The Morgan fingerprint density at radius 3 is 2.64 bits per heavy atom. The predicted molar refractivity (Wildman–Crippen MR) is 103 cm³/mol. The second-order valence-corrected chi connectivity index (χ2v) is 7.78. The minimum atomic E-state index is -4.57. The lowest BCUT2D eigenvalue weighted by Gasteiger charge is -2.11. The second kappa shape index (κ2) is 7.75. The quantitative estimate of drug-likeness (QED) is 0.419. The highest BCUT2D eigenvalue weighted by Crippen LogP contribution is 2.34. The van der Waals surface area contributed by atoms with E-state index in [1.807, 2.05) is 13.8 Å². The van der Waals surface area contributed by atoms with Gasteiger partial charge in [-0.15, -0.1) is 0 Å². The SMILES string of the molecule is CC(C)c1nc2c(Cl)cc(C(F)(F)F)cn2c1COC(=O)c1cccc(Br)c1. The molecule has 2 heterocycles. The highest BCUT2D eigenvalue weighted by atomic mass is 79.9. The van der Waals surface area contributed by atoms with Crippen molar-refractivity contribution >= 4 is 39.1 Å². The number of ether oxygens (including phenoxy) is 1. The van der Waals surface area contributed by atoms with Gasteiger partial charge in [-0.2, -0.15) is 13.2 Å². The van der Waals surface area contributed by atoms with Crippen LogP contribution >= 0.6 is 27.5 Å². The van der Waals surface area contributed by atoms with E-state index >= 15 is 0 Å². The molecule has 3 aromatic rings. The van der Waals surface area contributed by atoms with Crippen LogP contribution in [0.3, 0.4) is 0 Å². The standard InChI is InChI=1S/C19H15BrClF3N2O2/c1-10(2)16-15(9-28-18(27)11-4-3-5-13(20)6-11)26-8-12(19(22,23)24)7-14(21)17(26)25-16/h3-8,10H,9H2,1-2H3. The van der Waals surface area contributed by atoms with Crippen LogP contribution in [0.1, 0.15) is 47.1 Å². The van der Waals surface area contributed by atoms with E-state index in [9.17, 15) is 18.0 Å². The number of pyridine rings is 1. The molecule has 1 aromatic carbocycles. The van der Waals surface area contributed by atoms with Crippen molar-refractivity contribution in [2.45, 2.75) is 32.5 Å². The maximum Gasteiger partial charge on any atom is 0.417 e. The van der Waals surface area contributed by atoms with E-state index in [1.165, 1.54) is 4.40 Å². The summed E-state index contributed by atoms with van der Waals surface area (Å²) in [4.78, 5) is 16.7. The van der Waals surface area contributed by atoms with Crippen LogP contribution in [0, 0.1) is 0 Å². The summed E-state index contributed by atoms with van der Waals surface area (Å²) in [7, 11) is 0. The topological polar surface area (TPSA) is 43.6 Å². The number of imidazole rings is 1. The first kappa shape index (κ1) is 20.7. The van der Waals surface area contributed by atoms with E-state index in [4.69, 9.17) is 16.3 Å². The molecule has 0 bridgehead atoms. The molecular weight excluding hydrogens is 461 g/mol. The molecule has 0 aliphatic heterocycles. The molecule has 0 amide bonds. The van der Waals surface area contributed by atoms with Gasteiger partial charge in [-0.25, -0.2) is 9.78 Å². The first-order chi connectivity index (χ1) is 13.1. The van der Waals surface area contributed by atoms with E-state index in [0.29, 0.717) is 21.4 Å². The van der Waals surface area contributed by atoms with Crippen molar-refractivity contribution in [1.29, 1.82) is 0 Å². The third-order valence-electron chi connectivity index (χ3n) is 4.08. The number of fused-ring (bicyclic) bond motifs is 1. The lowest BCUT2D eigenvalue weighted by Crippen LogP contribution is -2.10. The van der Waals surface area contributed by atoms with Gasteiger partial charge in [-0.05, 0) is 30.2 Å². The fourth-order valence-electron chi connectivity index (χ4n) is 2.76. The van der Waals surface area contributed by atoms with Crippen molar-refractivity contribution < 1.29 is 22.7 Å². The van der Waals surface area contributed by atoms with Gasteiger partial charge in [-0.3, -0.25) is 4.40 Å². The average molecular weight is 476 g/mol. The van der Waals surface area contributed by atoms with Gasteiger partial charge in [0.05, 0.1) is 27.5 Å². The normalized spacial score (nSPS) is 12.0. The van der Waals surface area contributed by atoms with Crippen LogP contribution in [-0.4, -0.2) is 15.4 Å². The lowest BCUT2D eigenvalue weighted by atomic mass is 10.1. The summed E-state index contributed by atoms with van der Waals surface area (Å²) in [5.74, 6) is -0.700. The fraction of sp³-hybridized carbons (Fsp3) is 0.263. The molecule has 0 radical (unpaired) electrons. The van der Waals surface area contributed by atoms with Gasteiger partial charge >= 0.3 is 12.1 Å². The van der Waals surface area contributed by atoms with E-state index in [0.717, 1.165) is 12.3 Å². The number of carbonyl (C=O) groups excluding carboxylic acids is 1. The molecule has 0 saturated heterocycles. The van der Waals surface area contributed by atoms with Crippen LogP contribution in [0.4, 0.5) is 13.2 Å². The largest absolute Gasteiger partial charge is 0.456 e. The predicted octanol–water partition coefficient (Wildman–Crippen LogP) is 6.25. The number of nitrogens with zero attached hydrogens (tertiary/aromatic N) is 2. The van der Waals surface area contributed by atoms with Gasteiger partial charge in [0, 0.05) is 10.7 Å². The Morgan fingerprint density at radius 1 is 1.32 bits per heavy atom. The highest BCUT2D eigenvalue weighted by Gasteiger charge is 2.32. The fourth-order valence-corrected chi connectivity index (χ4v) is 3.41. The van der Waals surface area contributed by atoms with Crippen molar-refractivity contribution in [2.24, 2.45) is 0 Å². The van der Waals surface area contributed by atoms with Crippen LogP contribution in [-0.2, 0) is 17.5 Å². The summed E-state index contributed by atoms with van der Waals surface area (Å²) >= 11 is 9.31. The number of alkyl halides is 3. The van der Waals surface area contributed by atoms with E-state index in [1.54, 1.807) is 24.3 Å². The number of hydrogen-bond acceptors (Lipinski definition) is 3. The Labute approximate surface area is 172 Å². The number of carbonyl (C=O) groups is 1. The number of halogens is 5. The van der Waals surface area contributed by atoms with Crippen LogP contribution in [0.5, 0.6) is 0 Å². The third-order valence-corrected chi connectivity index (χ3v) is 4.85. The Kier molecular flexibility index (Phi) is 5.72. The van der Waals surface area contributed by atoms with Crippen molar-refractivity contribution in [3.05, 3.63) is 68.5 Å². The monoisotopic (exact) mass is 474 g/mol. The van der Waals surface area contributed by atoms with Gasteiger partial charge in [0.15, 0.2) is 5.65 Å². The molecule has 0 N–H and O–H groups in total. The number of hydrogen-bond donors (Lipinski definition) is 0. The maximum absolute atomic E-state index is 13.2. The van der Waals surface area contributed by atoms with E-state index < -0.39 is 17.7 Å². The van der Waals surface area contributed by atoms with Gasteiger partial charge in [0.2, 0.25) is 0 Å². The summed E-state index contributed by atoms with van der Waals surface area (Å²) in [5.41, 5.74) is 0.470. The van der Waals surface area contributed by atoms with Gasteiger partial charge in [-0.1, -0.05) is 47.4 Å². The Morgan fingerprint density at radius 2 is 2.04 bits per heavy atom. The molecule has 0 unspecified atom stereocenters. The van der Waals surface area contributed by atoms with Crippen molar-refractivity contribution in [2.75, 3.05) is 0 Å². The van der Waals surface area contributed by atoms with Crippen molar-refractivity contribution in [3.8, 4) is 0 Å². The molecule has 4 nitrogen and oxygen atoms in total. The van der Waals surface area contributed by atoms with Crippen LogP contribution < -0.4 is 0 Å². The molecule has 2 aromatic heterocycles. The van der Waals surface area contributed by atoms with Crippen LogP contribution in [0.25, 0.3) is 5.65 Å². The summed E-state index contributed by atoms with van der Waals surface area (Å²) in [6.07, 6.45) is -3.65. The van der Waals surface area contributed by atoms with E-state index in [-0.39, 0.29) is 23.2 Å². The molecule has 0 saturated carbocycles. The zero-order chi connectivity index (χ0) is 20.6. The number of esters is 1. The lowest BCUT2D eigenvalue weighted by molar-refractivity contribution is -0.137. The van der Waals surface area contributed by atoms with Crippen molar-refractivity contribution in [3.63, 3.8) is 0 Å². The molecule has 3 rings (SSSR count). The molecule has 0 fully saturated rings. The number of aromatic nitrogens is 2. The summed E-state index contributed by atoms with van der Waals surface area (Å²) in [6, 6.07) is 7.47. The maximum atomic E-state index is 13.2. The van der Waals surface area contributed by atoms with Gasteiger partial charge < -0.3 is 4.74 Å². The van der Waals surface area contributed by atoms with Crippen molar-refractivity contribution in [1.82, 2.24) is 9.38 Å². The van der Waals surface area contributed by atoms with E-state index in [2.05, 4.69) is 20.9 Å². The minimum absolute atomic E-state index is 0.107. The molecule has 148 valence electrons. The molecular formula is C19H15BrClF3N2O2. The highest BCUT2D eigenvalue weighted by molar-refractivity contribution is 9.10. The number of rotatable bonds is 4. The number of benzene rings is 1. The second-order valence-electron chi connectivity index (χ2n) is 6.45. The van der Waals surface area contributed by atoms with Crippen LogP contribution in [0.2, 0.25) is 5.02 Å². The first-order valence-corrected chi connectivity index (χ1v) is 9.45. The molecule has 9 heteroatoms. The molecule has 28 heavy (non-hydrogen) atoms.